The van der Waals surface area contributed by atoms with Crippen LogP contribution in [0.2, 0.25) is 5.02 Å². The van der Waals surface area contributed by atoms with Gasteiger partial charge in [0.25, 0.3) is 0 Å². The van der Waals surface area contributed by atoms with Crippen molar-refractivity contribution in [2.24, 2.45) is 0 Å². The van der Waals surface area contributed by atoms with Gasteiger partial charge in [0.1, 0.15) is 12.4 Å². The number of para-hydroxylation sites is 1. The molecule has 2 nitrogen and oxygen atoms in total. The summed E-state index contributed by atoms with van der Waals surface area (Å²) in [6.07, 6.45) is 4.23. The van der Waals surface area contributed by atoms with E-state index in [2.05, 4.69) is 47.2 Å². The number of hydrogen-bond acceptors (Lipinski definition) is 3. The van der Waals surface area contributed by atoms with Crippen LogP contribution in [-0.4, -0.2) is 6.26 Å². The minimum absolute atomic E-state index is 0.512. The first-order valence-electron chi connectivity index (χ1n) is 8.36. The number of ether oxygens (including phenoxy) is 1. The average molecular weight is 380 g/mol. The second-order valence-corrected chi connectivity index (χ2v) is 7.12. The fourth-order valence-corrected chi connectivity index (χ4v) is 3.75. The van der Waals surface area contributed by atoms with Crippen molar-refractivity contribution in [1.29, 1.82) is 0 Å². The summed E-state index contributed by atoms with van der Waals surface area (Å²) in [5.74, 6) is 0.893. The molecule has 1 aliphatic rings. The largest absolute Gasteiger partial charge is 0.488 e. The maximum absolute atomic E-state index is 6.22. The predicted molar refractivity (Wildman–Crippen MR) is 113 cm³/mol. The molecule has 0 atom stereocenters. The summed E-state index contributed by atoms with van der Waals surface area (Å²) in [7, 11) is 0. The molecule has 1 N–H and O–H groups in total. The normalized spacial score (nSPS) is 14.2. The van der Waals surface area contributed by atoms with E-state index in [1.165, 1.54) is 0 Å². The van der Waals surface area contributed by atoms with E-state index in [0.29, 0.717) is 6.61 Å². The maximum Gasteiger partial charge on any atom is 0.127 e. The summed E-state index contributed by atoms with van der Waals surface area (Å²) in [5, 5.41) is 0.726. The van der Waals surface area contributed by atoms with Gasteiger partial charge in [0.05, 0.1) is 0 Å². The van der Waals surface area contributed by atoms with E-state index < -0.39 is 0 Å². The SMILES string of the molecule is CSNc1cccc(/C=C2\c3ccc(Cl)cc3COc3ccccc32)c1. The first-order chi connectivity index (χ1) is 12.7. The smallest absolute Gasteiger partial charge is 0.127 e. The zero-order valence-corrected chi connectivity index (χ0v) is 15.9. The minimum atomic E-state index is 0.512. The van der Waals surface area contributed by atoms with Gasteiger partial charge in [0.2, 0.25) is 0 Å². The number of nitrogens with one attached hydrogen (secondary N) is 1. The van der Waals surface area contributed by atoms with Crippen molar-refractivity contribution >= 4 is 40.9 Å². The van der Waals surface area contributed by atoms with Crippen LogP contribution in [0.15, 0.2) is 66.7 Å². The van der Waals surface area contributed by atoms with Crippen molar-refractivity contribution in [2.75, 3.05) is 11.0 Å². The molecule has 0 amide bonds. The van der Waals surface area contributed by atoms with E-state index in [0.717, 1.165) is 44.3 Å². The number of halogens is 1. The Labute approximate surface area is 163 Å². The van der Waals surface area contributed by atoms with E-state index >= 15 is 0 Å². The van der Waals surface area contributed by atoms with Crippen LogP contribution in [0.5, 0.6) is 5.75 Å². The Kier molecular flexibility index (Phi) is 4.91. The van der Waals surface area contributed by atoms with Gasteiger partial charge in [-0.15, -0.1) is 0 Å². The molecule has 3 aromatic rings. The number of hydrogen-bond donors (Lipinski definition) is 1. The predicted octanol–water partition coefficient (Wildman–Crippen LogP) is 6.51. The lowest BCUT2D eigenvalue weighted by atomic mass is 9.92. The lowest BCUT2D eigenvalue weighted by molar-refractivity contribution is 0.307. The Morgan fingerprint density at radius 2 is 1.88 bits per heavy atom. The van der Waals surface area contributed by atoms with Crippen LogP contribution in [0.1, 0.15) is 22.3 Å². The van der Waals surface area contributed by atoms with Crippen molar-refractivity contribution in [3.05, 3.63) is 94.0 Å². The van der Waals surface area contributed by atoms with Crippen molar-refractivity contribution in [1.82, 2.24) is 0 Å². The van der Waals surface area contributed by atoms with Gasteiger partial charge in [-0.1, -0.05) is 59.9 Å². The lowest BCUT2D eigenvalue weighted by Crippen LogP contribution is -1.95. The van der Waals surface area contributed by atoms with Crippen LogP contribution in [0.25, 0.3) is 11.6 Å². The molecule has 3 aromatic carbocycles. The minimum Gasteiger partial charge on any atom is -0.488 e. The molecule has 4 heteroatoms. The third-order valence-corrected chi connectivity index (χ3v) is 5.01. The fraction of sp³-hybridized carbons (Fsp3) is 0.0909. The number of benzene rings is 3. The van der Waals surface area contributed by atoms with Crippen molar-refractivity contribution < 1.29 is 4.74 Å². The van der Waals surface area contributed by atoms with Crippen molar-refractivity contribution in [3.63, 3.8) is 0 Å². The molecular formula is C22H18ClNOS. The van der Waals surface area contributed by atoms with Crippen LogP contribution in [0.4, 0.5) is 5.69 Å². The molecule has 1 aliphatic heterocycles. The molecular weight excluding hydrogens is 362 g/mol. The highest BCUT2D eigenvalue weighted by atomic mass is 35.5. The molecule has 0 aromatic heterocycles. The first-order valence-corrected chi connectivity index (χ1v) is 9.96. The van der Waals surface area contributed by atoms with Gasteiger partial charge in [-0.3, -0.25) is 0 Å². The quantitative estimate of drug-likeness (QED) is 0.524. The van der Waals surface area contributed by atoms with E-state index in [-0.39, 0.29) is 0 Å². The van der Waals surface area contributed by atoms with Crippen LogP contribution >= 0.6 is 23.5 Å². The van der Waals surface area contributed by atoms with Gasteiger partial charge in [-0.25, -0.2) is 0 Å². The zero-order chi connectivity index (χ0) is 17.9. The third-order valence-electron chi connectivity index (χ3n) is 4.34. The van der Waals surface area contributed by atoms with Crippen molar-refractivity contribution in [2.45, 2.75) is 6.61 Å². The number of anilines is 1. The molecule has 0 fully saturated rings. The van der Waals surface area contributed by atoms with Gasteiger partial charge >= 0.3 is 0 Å². The molecule has 0 unspecified atom stereocenters. The molecule has 130 valence electrons. The summed E-state index contributed by atoms with van der Waals surface area (Å²) < 4.78 is 9.33. The Morgan fingerprint density at radius 1 is 1.00 bits per heavy atom. The highest BCUT2D eigenvalue weighted by molar-refractivity contribution is 7.99. The highest BCUT2D eigenvalue weighted by Crippen LogP contribution is 2.38. The highest BCUT2D eigenvalue weighted by Gasteiger charge is 2.19. The lowest BCUT2D eigenvalue weighted by Gasteiger charge is -2.11. The summed E-state index contributed by atoms with van der Waals surface area (Å²) >= 11 is 7.81. The molecule has 0 aliphatic carbocycles. The molecule has 1 heterocycles. The van der Waals surface area contributed by atoms with Gasteiger partial charge < -0.3 is 9.46 Å². The topological polar surface area (TPSA) is 21.3 Å². The average Bonchev–Trinajstić information content (AvgIpc) is 2.80. The molecule has 4 rings (SSSR count). The van der Waals surface area contributed by atoms with E-state index in [1.54, 1.807) is 11.9 Å². The summed E-state index contributed by atoms with van der Waals surface area (Å²) in [5.41, 5.74) is 6.71. The molecule has 26 heavy (non-hydrogen) atoms. The Hall–Kier alpha value is -2.36. The van der Waals surface area contributed by atoms with Gasteiger partial charge in [0, 0.05) is 22.5 Å². The second kappa shape index (κ2) is 7.48. The molecule has 0 bridgehead atoms. The Bertz CT molecular complexity index is 983. The molecule has 0 spiro atoms. The van der Waals surface area contributed by atoms with E-state index in [1.807, 2.05) is 36.6 Å². The van der Waals surface area contributed by atoms with Crippen LogP contribution in [0.3, 0.4) is 0 Å². The number of rotatable bonds is 3. The second-order valence-electron chi connectivity index (χ2n) is 6.08. The Morgan fingerprint density at radius 3 is 2.77 bits per heavy atom. The summed E-state index contributed by atoms with van der Waals surface area (Å²) in [4.78, 5) is 0. The van der Waals surface area contributed by atoms with Crippen LogP contribution < -0.4 is 9.46 Å². The number of fused-ring (bicyclic) bond motifs is 2. The molecule has 0 saturated heterocycles. The molecule has 0 saturated carbocycles. The van der Waals surface area contributed by atoms with Gasteiger partial charge in [-0.2, -0.15) is 0 Å². The summed E-state index contributed by atoms with van der Waals surface area (Å²) in [6, 6.07) is 22.6. The zero-order valence-electron chi connectivity index (χ0n) is 14.3. The van der Waals surface area contributed by atoms with Crippen LogP contribution in [-0.2, 0) is 6.61 Å². The Balaban J connectivity index is 1.90. The first kappa shape index (κ1) is 17.1. The monoisotopic (exact) mass is 379 g/mol. The van der Waals surface area contributed by atoms with Gasteiger partial charge in [0.15, 0.2) is 0 Å². The van der Waals surface area contributed by atoms with E-state index in [4.69, 9.17) is 16.3 Å². The third kappa shape index (κ3) is 3.46. The van der Waals surface area contributed by atoms with Crippen LogP contribution in [0, 0.1) is 0 Å². The van der Waals surface area contributed by atoms with Gasteiger partial charge in [-0.05, 0) is 58.7 Å². The standard InChI is InChI=1S/C22H18ClNOS/c1-26-24-18-6-4-5-15(11-18)12-21-19-10-9-17(23)13-16(19)14-25-22-8-3-2-7-20(21)22/h2-13,24H,14H2,1H3/b21-12+. The summed E-state index contributed by atoms with van der Waals surface area (Å²) in [6.45, 7) is 0.512. The molecule has 0 radical (unpaired) electrons. The van der Waals surface area contributed by atoms with E-state index in [9.17, 15) is 0 Å². The maximum atomic E-state index is 6.22. The fourth-order valence-electron chi connectivity index (χ4n) is 3.19. The van der Waals surface area contributed by atoms with Crippen molar-refractivity contribution in [3.8, 4) is 5.75 Å².